The first-order valence-corrected chi connectivity index (χ1v) is 8.08. The molecule has 1 aliphatic heterocycles. The topological polar surface area (TPSA) is 72.6 Å². The van der Waals surface area contributed by atoms with Crippen LogP contribution in [0.4, 0.5) is 5.69 Å². The van der Waals surface area contributed by atoms with Crippen LogP contribution in [0, 0.1) is 13.8 Å². The molecule has 0 spiro atoms. The molecule has 2 heterocycles. The Balaban J connectivity index is 2.05. The molecule has 1 atom stereocenters. The molecule has 1 unspecified atom stereocenters. The Morgan fingerprint density at radius 2 is 2.12 bits per heavy atom. The minimum atomic E-state index is -0.604. The molecule has 0 aliphatic carbocycles. The molecule has 3 rings (SSSR count). The molecule has 1 aliphatic rings. The zero-order valence-electron chi connectivity index (χ0n) is 13.6. The number of hydrogen-bond acceptors (Lipinski definition) is 5. The van der Waals surface area contributed by atoms with E-state index in [1.54, 1.807) is 36.9 Å². The maximum Gasteiger partial charge on any atom is 0.268 e. The first kappa shape index (κ1) is 16.5. The molecule has 0 fully saturated rings. The van der Waals surface area contributed by atoms with E-state index >= 15 is 0 Å². The minimum Gasteiger partial charge on any atom is -0.479 e. The van der Waals surface area contributed by atoms with Gasteiger partial charge in [-0.05, 0) is 39.0 Å². The van der Waals surface area contributed by atoms with Gasteiger partial charge >= 0.3 is 0 Å². The van der Waals surface area contributed by atoms with Crippen molar-refractivity contribution in [3.63, 3.8) is 0 Å². The van der Waals surface area contributed by atoms with Gasteiger partial charge in [-0.25, -0.2) is 0 Å². The minimum absolute atomic E-state index is 0.117. The molecular formula is C17H17ClN2O4. The van der Waals surface area contributed by atoms with Crippen LogP contribution in [0.2, 0.25) is 0 Å². The first-order chi connectivity index (χ1) is 11.4. The highest BCUT2D eigenvalue weighted by Gasteiger charge is 2.33. The molecule has 1 amide bonds. The second-order valence-electron chi connectivity index (χ2n) is 5.73. The molecule has 1 aromatic carbocycles. The maximum absolute atomic E-state index is 12.6. The number of fused-ring (bicyclic) bond motifs is 1. The van der Waals surface area contributed by atoms with Gasteiger partial charge in [0.05, 0.1) is 23.8 Å². The van der Waals surface area contributed by atoms with Crippen LogP contribution in [0.1, 0.15) is 34.3 Å². The fourth-order valence-corrected chi connectivity index (χ4v) is 2.86. The largest absolute Gasteiger partial charge is 0.479 e. The lowest BCUT2D eigenvalue weighted by Crippen LogP contribution is -2.44. The molecule has 24 heavy (non-hydrogen) atoms. The van der Waals surface area contributed by atoms with E-state index in [0.717, 1.165) is 11.3 Å². The number of alkyl halides is 1. The maximum atomic E-state index is 12.6. The number of ether oxygens (including phenoxy) is 1. The summed E-state index contributed by atoms with van der Waals surface area (Å²) in [4.78, 5) is 26.1. The van der Waals surface area contributed by atoms with Crippen LogP contribution in [-0.2, 0) is 11.3 Å². The summed E-state index contributed by atoms with van der Waals surface area (Å²) in [5, 5.41) is 3.92. The SMILES string of the molecule is Cc1noc(C)c1CN1C(=O)C(C)Oc2ccc(C(=O)CCl)cc21. The molecule has 1 aromatic heterocycles. The molecule has 2 aromatic rings. The molecule has 7 heteroatoms. The van der Waals surface area contributed by atoms with Gasteiger partial charge in [-0.1, -0.05) is 5.16 Å². The third-order valence-corrected chi connectivity index (χ3v) is 4.35. The van der Waals surface area contributed by atoms with E-state index in [2.05, 4.69) is 5.16 Å². The Kier molecular flexibility index (Phi) is 4.32. The van der Waals surface area contributed by atoms with E-state index in [-0.39, 0.29) is 17.6 Å². The number of amides is 1. The van der Waals surface area contributed by atoms with Gasteiger partial charge < -0.3 is 14.2 Å². The van der Waals surface area contributed by atoms with E-state index < -0.39 is 6.10 Å². The summed E-state index contributed by atoms with van der Waals surface area (Å²) in [6.07, 6.45) is -0.604. The lowest BCUT2D eigenvalue weighted by Gasteiger charge is -2.33. The van der Waals surface area contributed by atoms with Crippen molar-refractivity contribution >= 4 is 29.0 Å². The Morgan fingerprint density at radius 1 is 1.38 bits per heavy atom. The van der Waals surface area contributed by atoms with E-state index in [0.29, 0.717) is 29.3 Å². The average Bonchev–Trinajstić information content (AvgIpc) is 2.89. The third-order valence-electron chi connectivity index (χ3n) is 4.11. The van der Waals surface area contributed by atoms with E-state index in [9.17, 15) is 9.59 Å². The zero-order valence-corrected chi connectivity index (χ0v) is 14.4. The second-order valence-corrected chi connectivity index (χ2v) is 5.99. The number of ketones is 1. The van der Waals surface area contributed by atoms with Crippen LogP contribution in [0.15, 0.2) is 22.7 Å². The van der Waals surface area contributed by atoms with Crippen LogP contribution in [0.25, 0.3) is 0 Å². The van der Waals surface area contributed by atoms with Gasteiger partial charge in [-0.3, -0.25) is 9.59 Å². The van der Waals surface area contributed by atoms with Crippen LogP contribution >= 0.6 is 11.6 Å². The predicted molar refractivity (Wildman–Crippen MR) is 88.7 cm³/mol. The number of rotatable bonds is 4. The molecule has 0 bridgehead atoms. The van der Waals surface area contributed by atoms with Gasteiger partial charge in [0, 0.05) is 11.1 Å². The van der Waals surface area contributed by atoms with Crippen molar-refractivity contribution in [1.82, 2.24) is 5.16 Å². The summed E-state index contributed by atoms with van der Waals surface area (Å²) < 4.78 is 10.8. The van der Waals surface area contributed by atoms with Gasteiger partial charge in [-0.2, -0.15) is 0 Å². The number of aryl methyl sites for hydroxylation is 2. The van der Waals surface area contributed by atoms with Crippen LogP contribution in [0.5, 0.6) is 5.75 Å². The van der Waals surface area contributed by atoms with Crippen molar-refractivity contribution < 1.29 is 18.8 Å². The van der Waals surface area contributed by atoms with Crippen molar-refractivity contribution in [2.45, 2.75) is 33.4 Å². The summed E-state index contributed by atoms with van der Waals surface area (Å²) in [5.41, 5.74) is 2.57. The van der Waals surface area contributed by atoms with E-state index in [1.807, 2.05) is 6.92 Å². The quantitative estimate of drug-likeness (QED) is 0.627. The highest BCUT2D eigenvalue weighted by Crippen LogP contribution is 2.36. The molecule has 0 saturated heterocycles. The van der Waals surface area contributed by atoms with Gasteiger partial charge in [0.15, 0.2) is 11.9 Å². The monoisotopic (exact) mass is 348 g/mol. The first-order valence-electron chi connectivity index (χ1n) is 7.55. The van der Waals surface area contributed by atoms with Gasteiger partial charge in [0.2, 0.25) is 0 Å². The molecule has 6 nitrogen and oxygen atoms in total. The summed E-state index contributed by atoms with van der Waals surface area (Å²) >= 11 is 5.63. The van der Waals surface area contributed by atoms with Crippen LogP contribution in [0.3, 0.4) is 0 Å². The predicted octanol–water partition coefficient (Wildman–Crippen LogP) is 3.03. The van der Waals surface area contributed by atoms with Crippen molar-refractivity contribution in [2.75, 3.05) is 10.8 Å². The summed E-state index contributed by atoms with van der Waals surface area (Å²) in [6, 6.07) is 4.99. The standard InChI is InChI=1S/C17H17ClN2O4/c1-9-13(10(2)24-19-9)8-20-14-6-12(15(21)7-18)4-5-16(14)23-11(3)17(20)22/h4-6,11H,7-8H2,1-3H3. The summed E-state index contributed by atoms with van der Waals surface area (Å²) in [7, 11) is 0. The van der Waals surface area contributed by atoms with Crippen molar-refractivity contribution in [1.29, 1.82) is 0 Å². The van der Waals surface area contributed by atoms with E-state index in [4.69, 9.17) is 20.9 Å². The van der Waals surface area contributed by atoms with Gasteiger partial charge in [0.25, 0.3) is 5.91 Å². The highest BCUT2D eigenvalue weighted by atomic mass is 35.5. The number of benzene rings is 1. The van der Waals surface area contributed by atoms with Crippen molar-refractivity contribution in [3.8, 4) is 5.75 Å². The third kappa shape index (κ3) is 2.78. The Labute approximate surface area is 144 Å². The molecule has 0 N–H and O–H groups in total. The smallest absolute Gasteiger partial charge is 0.268 e. The number of anilines is 1. The number of hydrogen-bond donors (Lipinski definition) is 0. The number of halogens is 1. The fourth-order valence-electron chi connectivity index (χ4n) is 2.71. The normalized spacial score (nSPS) is 16.8. The lowest BCUT2D eigenvalue weighted by atomic mass is 10.1. The Hall–Kier alpha value is -2.34. The number of aromatic nitrogens is 1. The van der Waals surface area contributed by atoms with E-state index in [1.165, 1.54) is 0 Å². The highest BCUT2D eigenvalue weighted by molar-refractivity contribution is 6.30. The average molecular weight is 349 g/mol. The Morgan fingerprint density at radius 3 is 2.75 bits per heavy atom. The number of nitrogens with zero attached hydrogens (tertiary/aromatic N) is 2. The summed E-state index contributed by atoms with van der Waals surface area (Å²) in [6.45, 7) is 5.63. The lowest BCUT2D eigenvalue weighted by molar-refractivity contribution is -0.125. The summed E-state index contributed by atoms with van der Waals surface area (Å²) in [5.74, 6) is 0.711. The number of carbonyl (C=O) groups excluding carboxylic acids is 2. The van der Waals surface area contributed by atoms with Crippen molar-refractivity contribution in [2.24, 2.45) is 0 Å². The molecule has 0 saturated carbocycles. The van der Waals surface area contributed by atoms with Crippen molar-refractivity contribution in [3.05, 3.63) is 40.8 Å². The fraction of sp³-hybridized carbons (Fsp3) is 0.353. The van der Waals surface area contributed by atoms with Gasteiger partial charge in [0.1, 0.15) is 11.5 Å². The second kappa shape index (κ2) is 6.28. The van der Waals surface area contributed by atoms with Gasteiger partial charge in [-0.15, -0.1) is 11.6 Å². The zero-order chi connectivity index (χ0) is 17.4. The number of carbonyl (C=O) groups is 2. The van der Waals surface area contributed by atoms with Crippen LogP contribution < -0.4 is 9.64 Å². The molecular weight excluding hydrogens is 332 g/mol. The number of Topliss-reactive ketones (excluding diaryl/α,β-unsaturated/α-hetero) is 1. The molecule has 126 valence electrons. The Bertz CT molecular complexity index is 795. The molecule has 0 radical (unpaired) electrons. The van der Waals surface area contributed by atoms with Crippen LogP contribution in [-0.4, -0.2) is 28.8 Å².